The van der Waals surface area contributed by atoms with Gasteiger partial charge < -0.3 is 9.42 Å². The summed E-state index contributed by atoms with van der Waals surface area (Å²) in [4.78, 5) is 14.3. The molecule has 26 heavy (non-hydrogen) atoms. The summed E-state index contributed by atoms with van der Waals surface area (Å²) < 4.78 is 30.6. The van der Waals surface area contributed by atoms with Crippen LogP contribution in [0.15, 0.2) is 28.8 Å². The highest BCUT2D eigenvalue weighted by atomic mass is 35.5. The second-order valence-electron chi connectivity index (χ2n) is 6.53. The molecule has 0 radical (unpaired) electrons. The van der Waals surface area contributed by atoms with Gasteiger partial charge in [0.05, 0.1) is 23.1 Å². The molecule has 0 bridgehead atoms. The van der Waals surface area contributed by atoms with E-state index >= 15 is 0 Å². The number of carbonyl (C=O) groups is 1. The van der Waals surface area contributed by atoms with Crippen molar-refractivity contribution in [1.29, 1.82) is 0 Å². The minimum atomic E-state index is -3.39. The molecule has 1 aliphatic heterocycles. The summed E-state index contributed by atoms with van der Waals surface area (Å²) >= 11 is 6.20. The Morgan fingerprint density at radius 2 is 2.04 bits per heavy atom. The first-order valence-corrected chi connectivity index (χ1v) is 10.5. The summed E-state index contributed by atoms with van der Waals surface area (Å²) in [6.45, 7) is 4.12. The predicted octanol–water partition coefficient (Wildman–Crippen LogP) is 2.88. The Morgan fingerprint density at radius 3 is 2.69 bits per heavy atom. The van der Waals surface area contributed by atoms with Crippen LogP contribution in [0.3, 0.4) is 0 Å². The molecule has 3 rings (SSSR count). The summed E-state index contributed by atoms with van der Waals surface area (Å²) in [7, 11) is -3.39. The van der Waals surface area contributed by atoms with Crippen molar-refractivity contribution in [3.8, 4) is 0 Å². The van der Waals surface area contributed by atoms with Crippen molar-refractivity contribution in [2.75, 3.05) is 18.8 Å². The van der Waals surface area contributed by atoms with Gasteiger partial charge >= 0.3 is 0 Å². The molecule has 0 saturated carbocycles. The average molecular weight is 397 g/mol. The summed E-state index contributed by atoms with van der Waals surface area (Å²) in [5.41, 5.74) is 2.06. The van der Waals surface area contributed by atoms with Gasteiger partial charge in [-0.1, -0.05) is 35.0 Å². The number of nitrogens with zero attached hydrogens (tertiary/aromatic N) is 2. The fourth-order valence-electron chi connectivity index (χ4n) is 3.30. The Morgan fingerprint density at radius 1 is 1.31 bits per heavy atom. The lowest BCUT2D eigenvalue weighted by Crippen LogP contribution is -2.34. The van der Waals surface area contributed by atoms with Crippen LogP contribution in [0, 0.1) is 13.8 Å². The molecule has 1 aromatic heterocycles. The van der Waals surface area contributed by atoms with Gasteiger partial charge in [0.2, 0.25) is 5.91 Å². The van der Waals surface area contributed by atoms with E-state index in [1.54, 1.807) is 43.0 Å². The van der Waals surface area contributed by atoms with Crippen molar-refractivity contribution in [2.45, 2.75) is 31.9 Å². The molecule has 1 atom stereocenters. The van der Waals surface area contributed by atoms with Crippen molar-refractivity contribution < 1.29 is 17.7 Å². The van der Waals surface area contributed by atoms with Crippen molar-refractivity contribution in [3.63, 3.8) is 0 Å². The van der Waals surface area contributed by atoms with E-state index in [2.05, 4.69) is 5.16 Å². The van der Waals surface area contributed by atoms with Gasteiger partial charge in [-0.3, -0.25) is 4.79 Å². The molecule has 1 amide bonds. The number of hydrogen-bond acceptors (Lipinski definition) is 5. The average Bonchev–Trinajstić information content (AvgIpc) is 2.81. The molecule has 1 unspecified atom stereocenters. The number of hydrogen-bond donors (Lipinski definition) is 0. The third kappa shape index (κ3) is 3.78. The van der Waals surface area contributed by atoms with Gasteiger partial charge in [-0.25, -0.2) is 8.42 Å². The third-order valence-electron chi connectivity index (χ3n) is 4.85. The highest BCUT2D eigenvalue weighted by Crippen LogP contribution is 2.34. The van der Waals surface area contributed by atoms with Crippen LogP contribution < -0.4 is 0 Å². The Bertz CT molecular complexity index is 904. The summed E-state index contributed by atoms with van der Waals surface area (Å²) in [5, 5.41) is 3.62. The molecule has 1 saturated heterocycles. The first-order valence-electron chi connectivity index (χ1n) is 8.45. The zero-order chi connectivity index (χ0) is 18.9. The van der Waals surface area contributed by atoms with Crippen LogP contribution in [0.4, 0.5) is 0 Å². The van der Waals surface area contributed by atoms with Gasteiger partial charge in [0.25, 0.3) is 0 Å². The number of halogens is 1. The monoisotopic (exact) mass is 396 g/mol. The first kappa shape index (κ1) is 18.9. The molecule has 1 aromatic carbocycles. The maximum atomic E-state index is 12.7. The van der Waals surface area contributed by atoms with E-state index in [1.165, 1.54) is 0 Å². The Balaban J connectivity index is 1.78. The van der Waals surface area contributed by atoms with Crippen LogP contribution in [-0.2, 0) is 21.1 Å². The molecular formula is C18H21ClN2O4S. The summed E-state index contributed by atoms with van der Waals surface area (Å²) in [6.07, 6.45) is 0.497. The number of carbonyl (C=O) groups excluding carboxylic acids is 1. The lowest BCUT2D eigenvalue weighted by molar-refractivity contribution is -0.130. The maximum Gasteiger partial charge on any atom is 0.227 e. The number of rotatable bonds is 3. The number of benzene rings is 1. The topological polar surface area (TPSA) is 80.5 Å². The highest BCUT2D eigenvalue weighted by molar-refractivity contribution is 7.91. The zero-order valence-electron chi connectivity index (χ0n) is 14.7. The quantitative estimate of drug-likeness (QED) is 0.796. The molecule has 1 fully saturated rings. The molecule has 2 heterocycles. The van der Waals surface area contributed by atoms with E-state index < -0.39 is 15.1 Å². The van der Waals surface area contributed by atoms with E-state index in [1.807, 2.05) is 0 Å². The minimum absolute atomic E-state index is 0.0732. The number of aryl methyl sites for hydroxylation is 2. The van der Waals surface area contributed by atoms with E-state index in [9.17, 15) is 13.2 Å². The van der Waals surface area contributed by atoms with Gasteiger partial charge in [-0.05, 0) is 31.9 Å². The zero-order valence-corrected chi connectivity index (χ0v) is 16.3. The summed E-state index contributed by atoms with van der Waals surface area (Å²) in [6, 6.07) is 6.99. The molecule has 6 nitrogen and oxygen atoms in total. The van der Waals surface area contributed by atoms with Crippen LogP contribution >= 0.6 is 11.6 Å². The molecule has 1 aliphatic rings. The van der Waals surface area contributed by atoms with Crippen molar-refractivity contribution in [3.05, 3.63) is 51.9 Å². The Kier molecular flexibility index (Phi) is 5.39. The molecule has 2 aromatic rings. The maximum absolute atomic E-state index is 12.7. The Hall–Kier alpha value is -1.86. The molecule has 140 valence electrons. The second-order valence-corrected chi connectivity index (χ2v) is 9.24. The van der Waals surface area contributed by atoms with Crippen molar-refractivity contribution >= 4 is 27.3 Å². The Labute approximate surface area is 158 Å². The normalized spacial score (nSPS) is 20.0. The second kappa shape index (κ2) is 7.40. The SMILES string of the molecule is Cc1noc(C)c1CC(=O)N1CCC(c2ccccc2Cl)S(=O)(=O)CC1. The molecular weight excluding hydrogens is 376 g/mol. The smallest absolute Gasteiger partial charge is 0.227 e. The van der Waals surface area contributed by atoms with Gasteiger partial charge in [-0.15, -0.1) is 0 Å². The van der Waals surface area contributed by atoms with Crippen molar-refractivity contribution in [2.24, 2.45) is 0 Å². The van der Waals surface area contributed by atoms with Crippen LogP contribution in [0.5, 0.6) is 0 Å². The number of amides is 1. The lowest BCUT2D eigenvalue weighted by atomic mass is 10.1. The van der Waals surface area contributed by atoms with Crippen molar-refractivity contribution in [1.82, 2.24) is 10.1 Å². The van der Waals surface area contributed by atoms with Gasteiger partial charge in [0.1, 0.15) is 5.76 Å². The van der Waals surface area contributed by atoms with Crippen LogP contribution in [0.25, 0.3) is 0 Å². The highest BCUT2D eigenvalue weighted by Gasteiger charge is 2.34. The van der Waals surface area contributed by atoms with Gasteiger partial charge in [0.15, 0.2) is 9.84 Å². The van der Waals surface area contributed by atoms with Crippen LogP contribution in [-0.4, -0.2) is 43.2 Å². The molecule has 0 spiro atoms. The first-order chi connectivity index (χ1) is 12.3. The third-order valence-corrected chi connectivity index (χ3v) is 7.31. The van der Waals surface area contributed by atoms with Gasteiger partial charge in [-0.2, -0.15) is 0 Å². The van der Waals surface area contributed by atoms with E-state index in [0.717, 1.165) is 5.56 Å². The van der Waals surface area contributed by atoms with E-state index in [-0.39, 0.29) is 24.6 Å². The van der Waals surface area contributed by atoms with Crippen LogP contribution in [0.2, 0.25) is 5.02 Å². The predicted molar refractivity (Wildman–Crippen MR) is 98.9 cm³/mol. The van der Waals surface area contributed by atoms with Crippen LogP contribution in [0.1, 0.15) is 34.3 Å². The number of aromatic nitrogens is 1. The van der Waals surface area contributed by atoms with E-state index in [4.69, 9.17) is 16.1 Å². The van der Waals surface area contributed by atoms with E-state index in [0.29, 0.717) is 35.0 Å². The standard InChI is InChI=1S/C18H21ClN2O4S/c1-12-15(13(2)25-20-12)11-18(22)21-8-7-17(26(23,24)10-9-21)14-5-3-4-6-16(14)19/h3-6,17H,7-11H2,1-2H3. The number of sulfone groups is 1. The lowest BCUT2D eigenvalue weighted by Gasteiger charge is -2.20. The largest absolute Gasteiger partial charge is 0.361 e. The fourth-order valence-corrected chi connectivity index (χ4v) is 5.44. The van der Waals surface area contributed by atoms with Gasteiger partial charge in [0, 0.05) is 23.7 Å². The molecule has 0 aliphatic carbocycles. The minimum Gasteiger partial charge on any atom is -0.361 e. The molecule has 0 N–H and O–H groups in total. The molecule has 8 heteroatoms. The summed E-state index contributed by atoms with van der Waals surface area (Å²) in [5.74, 6) is 0.428. The fraction of sp³-hybridized carbons (Fsp3) is 0.444.